The number of carbonyl (C=O) groups excluding carboxylic acids is 3. The Hall–Kier alpha value is -4.79. The largest absolute Gasteiger partial charge is 0.348 e. The van der Waals surface area contributed by atoms with Crippen molar-refractivity contribution in [2.24, 2.45) is 0 Å². The molecule has 2 aromatic carbocycles. The number of halogens is 1. The molecule has 0 spiro atoms. The van der Waals surface area contributed by atoms with Gasteiger partial charge >= 0.3 is 6.03 Å². The Morgan fingerprint density at radius 1 is 1.11 bits per heavy atom. The fourth-order valence-electron chi connectivity index (χ4n) is 4.83. The molecule has 5 rings (SSSR count). The highest BCUT2D eigenvalue weighted by atomic mass is 19.1. The van der Waals surface area contributed by atoms with Gasteiger partial charge in [-0.2, -0.15) is 0 Å². The fraction of sp³-hybridized carbons (Fsp3) is 0.172. The van der Waals surface area contributed by atoms with E-state index in [1.54, 1.807) is 48.7 Å². The second kappa shape index (κ2) is 10.7. The maximum Gasteiger partial charge on any atom is 0.322 e. The first-order valence-corrected chi connectivity index (χ1v) is 12.2. The number of amides is 4. The van der Waals surface area contributed by atoms with E-state index in [1.165, 1.54) is 34.1 Å². The number of carbonyl (C=O) groups is 3. The fourth-order valence-corrected chi connectivity index (χ4v) is 4.83. The summed E-state index contributed by atoms with van der Waals surface area (Å²) in [5.74, 6) is -1.18. The molecular formula is C29H26FN5O3. The van der Waals surface area contributed by atoms with Crippen LogP contribution in [-0.2, 0) is 16.1 Å². The molecule has 0 bridgehead atoms. The zero-order chi connectivity index (χ0) is 26.6. The van der Waals surface area contributed by atoms with Crippen LogP contribution < -0.4 is 10.6 Å². The minimum absolute atomic E-state index is 0.0453. The topological polar surface area (TPSA) is 94.6 Å². The lowest BCUT2D eigenvalue weighted by Gasteiger charge is -2.33. The summed E-state index contributed by atoms with van der Waals surface area (Å²) >= 11 is 0. The predicted octanol–water partition coefficient (Wildman–Crippen LogP) is 3.63. The van der Waals surface area contributed by atoms with E-state index >= 15 is 0 Å². The van der Waals surface area contributed by atoms with E-state index in [-0.39, 0.29) is 31.4 Å². The molecule has 1 aromatic heterocycles. The van der Waals surface area contributed by atoms with Crippen molar-refractivity contribution in [3.8, 4) is 0 Å². The normalized spacial score (nSPS) is 17.7. The molecular weight excluding hydrogens is 485 g/mol. The lowest BCUT2D eigenvalue weighted by Crippen LogP contribution is -2.47. The molecule has 0 fully saturated rings. The lowest BCUT2D eigenvalue weighted by molar-refractivity contribution is -0.136. The molecule has 2 N–H and O–H groups in total. The molecule has 2 aliphatic rings. The average molecular weight is 512 g/mol. The van der Waals surface area contributed by atoms with Gasteiger partial charge in [0.1, 0.15) is 11.9 Å². The van der Waals surface area contributed by atoms with E-state index in [2.05, 4.69) is 22.2 Å². The number of benzene rings is 2. The first kappa shape index (κ1) is 24.9. The van der Waals surface area contributed by atoms with Crippen molar-refractivity contribution < 1.29 is 18.8 Å². The molecule has 2 unspecified atom stereocenters. The van der Waals surface area contributed by atoms with Crippen molar-refractivity contribution in [1.82, 2.24) is 25.4 Å². The molecule has 9 heteroatoms. The Morgan fingerprint density at radius 2 is 1.84 bits per heavy atom. The average Bonchev–Trinajstić information content (AvgIpc) is 3.27. The minimum atomic E-state index is -0.951. The van der Waals surface area contributed by atoms with Crippen LogP contribution in [0.2, 0.25) is 0 Å². The summed E-state index contributed by atoms with van der Waals surface area (Å²) in [4.78, 5) is 47.9. The van der Waals surface area contributed by atoms with Crippen LogP contribution in [0.25, 0.3) is 0 Å². The van der Waals surface area contributed by atoms with E-state index in [9.17, 15) is 18.8 Å². The van der Waals surface area contributed by atoms with Crippen LogP contribution in [0.15, 0.2) is 103 Å². The highest BCUT2D eigenvalue weighted by molar-refractivity contribution is 6.03. The second-order valence-corrected chi connectivity index (χ2v) is 8.98. The number of nitrogens with one attached hydrogen (secondary N) is 2. The summed E-state index contributed by atoms with van der Waals surface area (Å²) in [7, 11) is 0. The van der Waals surface area contributed by atoms with Crippen LogP contribution >= 0.6 is 0 Å². The monoisotopic (exact) mass is 511 g/mol. The summed E-state index contributed by atoms with van der Waals surface area (Å²) < 4.78 is 13.6. The smallest absolute Gasteiger partial charge is 0.322 e. The van der Waals surface area contributed by atoms with E-state index in [4.69, 9.17) is 0 Å². The van der Waals surface area contributed by atoms with Gasteiger partial charge < -0.3 is 15.5 Å². The van der Waals surface area contributed by atoms with Gasteiger partial charge in [-0.15, -0.1) is 6.58 Å². The van der Waals surface area contributed by atoms with Gasteiger partial charge in [-0.05, 0) is 35.4 Å². The second-order valence-electron chi connectivity index (χ2n) is 8.98. The van der Waals surface area contributed by atoms with Gasteiger partial charge in [-0.1, -0.05) is 54.6 Å². The standard InChI is InChI=1S/C29H26FN5O3/c1-2-16-34-23-18-35(28(37)24(23)25(33-29(34)38)19-11-13-21(30)14-12-19)26(20-8-4-3-5-9-20)27(36)32-17-22-10-6-7-15-31-22/h2-15,25-26H,1,16-18H2,(H,32,36)(H,33,38). The minimum Gasteiger partial charge on any atom is -0.348 e. The molecule has 0 aliphatic carbocycles. The number of nitrogens with zero attached hydrogens (tertiary/aromatic N) is 3. The number of hydrogen-bond donors (Lipinski definition) is 2. The maximum atomic E-state index is 14.0. The number of aromatic nitrogens is 1. The van der Waals surface area contributed by atoms with Crippen LogP contribution in [0.5, 0.6) is 0 Å². The first-order chi connectivity index (χ1) is 18.5. The molecule has 192 valence electrons. The molecule has 0 saturated heterocycles. The molecule has 0 saturated carbocycles. The third-order valence-electron chi connectivity index (χ3n) is 6.61. The lowest BCUT2D eigenvalue weighted by atomic mass is 9.95. The van der Waals surface area contributed by atoms with Crippen LogP contribution in [0, 0.1) is 5.82 Å². The van der Waals surface area contributed by atoms with Gasteiger partial charge in [0.25, 0.3) is 5.91 Å². The zero-order valence-electron chi connectivity index (χ0n) is 20.5. The van der Waals surface area contributed by atoms with Crippen molar-refractivity contribution in [3.63, 3.8) is 0 Å². The Bertz CT molecular complexity index is 1390. The molecule has 0 radical (unpaired) electrons. The number of rotatable bonds is 8. The van der Waals surface area contributed by atoms with Crippen molar-refractivity contribution in [2.45, 2.75) is 18.6 Å². The Labute approximate surface area is 219 Å². The summed E-state index contributed by atoms with van der Waals surface area (Å²) in [5, 5.41) is 5.77. The zero-order valence-corrected chi connectivity index (χ0v) is 20.5. The molecule has 2 atom stereocenters. The van der Waals surface area contributed by atoms with Crippen molar-refractivity contribution in [1.29, 1.82) is 0 Å². The molecule has 38 heavy (non-hydrogen) atoms. The van der Waals surface area contributed by atoms with E-state index in [0.717, 1.165) is 0 Å². The molecule has 8 nitrogen and oxygen atoms in total. The third-order valence-corrected chi connectivity index (χ3v) is 6.61. The van der Waals surface area contributed by atoms with Crippen LogP contribution in [-0.4, -0.2) is 45.7 Å². The summed E-state index contributed by atoms with van der Waals surface area (Å²) in [5.41, 5.74) is 2.72. The quantitative estimate of drug-likeness (QED) is 0.452. The third kappa shape index (κ3) is 4.78. The van der Waals surface area contributed by atoms with Gasteiger partial charge in [0.05, 0.1) is 36.1 Å². The Balaban J connectivity index is 1.51. The van der Waals surface area contributed by atoms with Crippen LogP contribution in [0.1, 0.15) is 28.9 Å². The number of hydrogen-bond acceptors (Lipinski definition) is 4. The van der Waals surface area contributed by atoms with Gasteiger partial charge in [0.2, 0.25) is 5.91 Å². The summed E-state index contributed by atoms with van der Waals surface area (Å²) in [6.07, 6.45) is 3.22. The van der Waals surface area contributed by atoms with Gasteiger partial charge in [-0.25, -0.2) is 9.18 Å². The summed E-state index contributed by atoms with van der Waals surface area (Å²) in [6.45, 7) is 4.16. The summed E-state index contributed by atoms with van der Waals surface area (Å²) in [6, 6.07) is 18.0. The molecule has 3 heterocycles. The predicted molar refractivity (Wildman–Crippen MR) is 139 cm³/mol. The van der Waals surface area contributed by atoms with Gasteiger partial charge in [0, 0.05) is 12.7 Å². The van der Waals surface area contributed by atoms with Gasteiger partial charge in [0.15, 0.2) is 0 Å². The number of pyridine rings is 1. The van der Waals surface area contributed by atoms with Crippen molar-refractivity contribution in [3.05, 3.63) is 126 Å². The highest BCUT2D eigenvalue weighted by Gasteiger charge is 2.47. The Kier molecular flexibility index (Phi) is 6.99. The molecule has 4 amide bonds. The van der Waals surface area contributed by atoms with E-state index < -0.39 is 23.9 Å². The first-order valence-electron chi connectivity index (χ1n) is 12.2. The maximum absolute atomic E-state index is 14.0. The van der Waals surface area contributed by atoms with Crippen LogP contribution in [0.3, 0.4) is 0 Å². The van der Waals surface area contributed by atoms with E-state index in [1.807, 2.05) is 12.1 Å². The number of urea groups is 1. The Morgan fingerprint density at radius 3 is 2.53 bits per heavy atom. The van der Waals surface area contributed by atoms with E-state index in [0.29, 0.717) is 28.1 Å². The van der Waals surface area contributed by atoms with Crippen molar-refractivity contribution in [2.75, 3.05) is 13.1 Å². The SMILES string of the molecule is C=CCN1C(=O)NC(c2ccc(F)cc2)C2=C1CN(C(C(=O)NCc1ccccn1)c1ccccc1)C2=O. The highest BCUT2D eigenvalue weighted by Crippen LogP contribution is 2.39. The van der Waals surface area contributed by atoms with Crippen LogP contribution in [0.4, 0.5) is 9.18 Å². The molecule has 3 aromatic rings. The van der Waals surface area contributed by atoms with Crippen molar-refractivity contribution >= 4 is 17.8 Å². The molecule has 2 aliphatic heterocycles. The van der Waals surface area contributed by atoms with Gasteiger partial charge in [-0.3, -0.25) is 19.5 Å².